The molecule has 0 saturated heterocycles. The summed E-state index contributed by atoms with van der Waals surface area (Å²) in [5, 5.41) is 9.33. The minimum absolute atomic E-state index is 0.567. The summed E-state index contributed by atoms with van der Waals surface area (Å²) in [6.45, 7) is 0. The van der Waals surface area contributed by atoms with Crippen molar-refractivity contribution in [3.05, 3.63) is 5.21 Å². The molecule has 0 aromatic rings. The first-order valence-electron chi connectivity index (χ1n) is 1.77. The fourth-order valence-electron chi connectivity index (χ4n) is 0.144. The average molecular weight is 105 g/mol. The van der Waals surface area contributed by atoms with Gasteiger partial charge < -0.3 is 9.94 Å². The van der Waals surface area contributed by atoms with E-state index >= 15 is 0 Å². The molecule has 0 saturated carbocycles. The molecule has 0 rings (SSSR count). The van der Waals surface area contributed by atoms with E-state index < -0.39 is 11.2 Å². The molecule has 0 aliphatic rings. The molecular formula is C3H7NO3. The Kier molecular flexibility index (Phi) is 2.32. The monoisotopic (exact) mass is 105 g/mol. The van der Waals surface area contributed by atoms with E-state index in [1.54, 1.807) is 0 Å². The Labute approximate surface area is 41.3 Å². The lowest BCUT2D eigenvalue weighted by Gasteiger charge is -2.08. The molecule has 1 amide bonds. The molecule has 0 bridgehead atoms. The van der Waals surface area contributed by atoms with Crippen LogP contribution in [0.15, 0.2) is 0 Å². The molecule has 1 unspecified atom stereocenters. The maximum absolute atomic E-state index is 9.94. The van der Waals surface area contributed by atoms with Gasteiger partial charge >= 0.3 is 6.09 Å². The summed E-state index contributed by atoms with van der Waals surface area (Å²) in [4.78, 5) is 9.94. The Morgan fingerprint density at radius 1 is 1.86 bits per heavy atom. The average Bonchev–Trinajstić information content (AvgIpc) is 1.65. The maximum Gasteiger partial charge on any atom is 0.513 e. The number of hydroxylamine groups is 2. The topological polar surface area (TPSA) is 53.8 Å². The Hall–Kier alpha value is -0.610. The molecule has 42 valence electrons. The predicted molar refractivity (Wildman–Crippen MR) is 22.7 cm³/mol. The minimum atomic E-state index is -0.792. The van der Waals surface area contributed by atoms with Crippen molar-refractivity contribution < 1.29 is 14.6 Å². The van der Waals surface area contributed by atoms with Gasteiger partial charge in [-0.25, -0.2) is 0 Å². The van der Waals surface area contributed by atoms with Gasteiger partial charge in [0.05, 0.1) is 14.2 Å². The number of hydrogen-bond acceptors (Lipinski definition) is 3. The van der Waals surface area contributed by atoms with Crippen molar-refractivity contribution in [2.45, 2.75) is 0 Å². The van der Waals surface area contributed by atoms with Crippen molar-refractivity contribution >= 4 is 6.09 Å². The molecule has 0 fully saturated rings. The van der Waals surface area contributed by atoms with Crippen LogP contribution in [0.4, 0.5) is 4.79 Å². The lowest BCUT2D eigenvalue weighted by Crippen LogP contribution is -3.06. The summed E-state index contributed by atoms with van der Waals surface area (Å²) in [5.41, 5.74) is 0. The molecular weight excluding hydrogens is 98.0 g/mol. The number of carbonyl (C=O) groups is 1. The normalized spacial score (nSPS) is 13.0. The fraction of sp³-hybridized carbons (Fsp3) is 0.667. The highest BCUT2D eigenvalue weighted by molar-refractivity contribution is 5.56. The van der Waals surface area contributed by atoms with Gasteiger partial charge in [0.2, 0.25) is 0 Å². The third-order valence-electron chi connectivity index (χ3n) is 0.473. The third-order valence-corrected chi connectivity index (χ3v) is 0.473. The Bertz CT molecular complexity index is 70.6. The second-order valence-corrected chi connectivity index (χ2v) is 1.05. The maximum atomic E-state index is 9.94. The van der Waals surface area contributed by atoms with Crippen LogP contribution < -0.4 is 5.06 Å². The molecule has 1 atom stereocenters. The summed E-state index contributed by atoms with van der Waals surface area (Å²) in [6, 6.07) is 0. The van der Waals surface area contributed by atoms with Gasteiger partial charge in [0, 0.05) is 0 Å². The highest BCUT2D eigenvalue weighted by Gasteiger charge is 2.00. The number of methoxy groups -OCH3 is 1. The molecule has 7 heavy (non-hydrogen) atoms. The zero-order chi connectivity index (χ0) is 5.86. The van der Waals surface area contributed by atoms with E-state index in [-0.39, 0.29) is 0 Å². The molecule has 0 heterocycles. The van der Waals surface area contributed by atoms with Gasteiger partial charge in [-0.1, -0.05) is 0 Å². The first-order chi connectivity index (χ1) is 3.18. The van der Waals surface area contributed by atoms with Gasteiger partial charge in [0.15, 0.2) is 0 Å². The van der Waals surface area contributed by atoms with Crippen molar-refractivity contribution in [2.75, 3.05) is 14.2 Å². The van der Waals surface area contributed by atoms with Crippen LogP contribution in [0.1, 0.15) is 0 Å². The molecule has 0 spiro atoms. The van der Waals surface area contributed by atoms with Crippen molar-refractivity contribution in [3.8, 4) is 0 Å². The second-order valence-electron chi connectivity index (χ2n) is 1.05. The Morgan fingerprint density at radius 2 is 2.29 bits per heavy atom. The van der Waals surface area contributed by atoms with Crippen LogP contribution in [0, 0.1) is 5.21 Å². The number of ether oxygens (including phenoxy) is 1. The number of alkyl carbamates (subject to hydrolysis) is 1. The van der Waals surface area contributed by atoms with Gasteiger partial charge in [-0.3, -0.25) is 5.06 Å². The van der Waals surface area contributed by atoms with Crippen LogP contribution in [-0.4, -0.2) is 20.3 Å². The molecule has 0 aromatic heterocycles. The Balaban J connectivity index is 3.35. The zero-order valence-electron chi connectivity index (χ0n) is 4.22. The fourth-order valence-corrected chi connectivity index (χ4v) is 0.144. The number of quaternary nitrogens is 1. The summed E-state index contributed by atoms with van der Waals surface area (Å²) < 4.78 is 4.02. The molecule has 4 nitrogen and oxygen atoms in total. The predicted octanol–water partition coefficient (Wildman–Crippen LogP) is -1.23. The standard InChI is InChI=1S/C3H7NO3/c1-4(6)3(5)7-2/h4H,1-2H3. The van der Waals surface area contributed by atoms with Crippen molar-refractivity contribution in [1.82, 2.24) is 0 Å². The summed E-state index contributed by atoms with van der Waals surface area (Å²) in [7, 11) is 2.33. The molecule has 0 aliphatic carbocycles. The van der Waals surface area contributed by atoms with Gasteiger partial charge in [-0.05, 0) is 0 Å². The van der Waals surface area contributed by atoms with Crippen molar-refractivity contribution in [3.63, 3.8) is 0 Å². The van der Waals surface area contributed by atoms with Crippen LogP contribution in [0.25, 0.3) is 0 Å². The van der Waals surface area contributed by atoms with Gasteiger partial charge in [0.1, 0.15) is 0 Å². The quantitative estimate of drug-likeness (QED) is 0.392. The van der Waals surface area contributed by atoms with E-state index in [9.17, 15) is 10.0 Å². The van der Waals surface area contributed by atoms with Crippen LogP contribution in [0.3, 0.4) is 0 Å². The molecule has 4 heteroatoms. The van der Waals surface area contributed by atoms with Crippen molar-refractivity contribution in [2.24, 2.45) is 0 Å². The first-order valence-corrected chi connectivity index (χ1v) is 1.77. The van der Waals surface area contributed by atoms with Crippen LogP contribution in [0.2, 0.25) is 0 Å². The highest BCUT2D eigenvalue weighted by atomic mass is 16.6. The largest absolute Gasteiger partial charge is 0.624 e. The number of rotatable bonds is 0. The highest BCUT2D eigenvalue weighted by Crippen LogP contribution is 1.56. The molecule has 0 aromatic carbocycles. The van der Waals surface area contributed by atoms with Crippen molar-refractivity contribution in [1.29, 1.82) is 0 Å². The van der Waals surface area contributed by atoms with E-state index in [0.717, 1.165) is 7.05 Å². The van der Waals surface area contributed by atoms with E-state index in [1.165, 1.54) is 7.11 Å². The zero-order valence-corrected chi connectivity index (χ0v) is 4.22. The van der Waals surface area contributed by atoms with E-state index in [4.69, 9.17) is 0 Å². The first kappa shape index (κ1) is 6.39. The summed E-state index contributed by atoms with van der Waals surface area (Å²) in [6.07, 6.45) is -0.792. The smallest absolute Gasteiger partial charge is 0.513 e. The number of hydrogen-bond donors (Lipinski definition) is 1. The Morgan fingerprint density at radius 3 is 2.29 bits per heavy atom. The number of carbonyl (C=O) groups excluding carboxylic acids is 1. The van der Waals surface area contributed by atoms with Gasteiger partial charge in [-0.2, -0.15) is 4.79 Å². The lowest BCUT2D eigenvalue weighted by atomic mass is 11.1. The van der Waals surface area contributed by atoms with E-state index in [1.807, 2.05) is 0 Å². The molecule has 0 aliphatic heterocycles. The third kappa shape index (κ3) is 2.13. The molecule has 0 radical (unpaired) electrons. The van der Waals surface area contributed by atoms with E-state index in [2.05, 4.69) is 4.74 Å². The summed E-state index contributed by atoms with van der Waals surface area (Å²) >= 11 is 0. The second kappa shape index (κ2) is 2.54. The van der Waals surface area contributed by atoms with Crippen LogP contribution >= 0.6 is 0 Å². The number of nitrogens with one attached hydrogen (secondary N) is 1. The summed E-state index contributed by atoms with van der Waals surface area (Å²) in [5.74, 6) is 0. The van der Waals surface area contributed by atoms with Crippen LogP contribution in [0.5, 0.6) is 0 Å². The minimum Gasteiger partial charge on any atom is -0.624 e. The van der Waals surface area contributed by atoms with Crippen LogP contribution in [-0.2, 0) is 4.74 Å². The SMILES string of the molecule is COC(=O)[NH+](C)[O-]. The lowest BCUT2D eigenvalue weighted by molar-refractivity contribution is -0.743. The number of amides is 1. The van der Waals surface area contributed by atoms with Gasteiger partial charge in [0.25, 0.3) is 0 Å². The van der Waals surface area contributed by atoms with E-state index in [0.29, 0.717) is 0 Å². The van der Waals surface area contributed by atoms with Gasteiger partial charge in [-0.15, -0.1) is 0 Å². The molecule has 1 N–H and O–H groups in total.